The third kappa shape index (κ3) is 6.63. The van der Waals surface area contributed by atoms with Crippen LogP contribution < -0.4 is 20.7 Å². The molecular formula is C17H22N6O4. The predicted octanol–water partition coefficient (Wildman–Crippen LogP) is 0.749. The van der Waals surface area contributed by atoms with Gasteiger partial charge in [0, 0.05) is 37.6 Å². The zero-order valence-corrected chi connectivity index (χ0v) is 15.2. The molecule has 0 aliphatic carbocycles. The maximum atomic E-state index is 8.12. The molecule has 10 heteroatoms. The van der Waals surface area contributed by atoms with Gasteiger partial charge >= 0.3 is 6.15 Å². The molecule has 1 aliphatic rings. The van der Waals surface area contributed by atoms with Gasteiger partial charge in [-0.2, -0.15) is 9.59 Å². The number of pyridine rings is 1. The Kier molecular flexibility index (Phi) is 8.11. The molecular weight excluding hydrogens is 352 g/mol. The van der Waals surface area contributed by atoms with Crippen molar-refractivity contribution in [2.75, 3.05) is 44.0 Å². The fourth-order valence-corrected chi connectivity index (χ4v) is 2.37. The molecule has 2 aromatic heterocycles. The molecule has 1 saturated heterocycles. The molecule has 144 valence electrons. The van der Waals surface area contributed by atoms with Crippen molar-refractivity contribution in [3.05, 3.63) is 30.2 Å². The number of aryl methyl sites for hydroxylation is 1. The van der Waals surface area contributed by atoms with Crippen molar-refractivity contribution in [1.82, 2.24) is 20.3 Å². The first-order chi connectivity index (χ1) is 13.2. The number of aromatic nitrogens is 3. The van der Waals surface area contributed by atoms with Crippen LogP contribution in [0.3, 0.4) is 0 Å². The zero-order valence-electron chi connectivity index (χ0n) is 15.2. The monoisotopic (exact) mass is 374 g/mol. The van der Waals surface area contributed by atoms with E-state index < -0.39 is 0 Å². The Morgan fingerprint density at radius 3 is 2.67 bits per heavy atom. The van der Waals surface area contributed by atoms with Crippen molar-refractivity contribution < 1.29 is 19.1 Å². The first-order valence-corrected chi connectivity index (χ1v) is 8.31. The molecule has 0 saturated carbocycles. The average Bonchev–Trinajstić information content (AvgIpc) is 2.70. The summed E-state index contributed by atoms with van der Waals surface area (Å²) in [5.74, 6) is 1.78. The van der Waals surface area contributed by atoms with E-state index in [0.29, 0.717) is 17.5 Å². The molecule has 1 unspecified atom stereocenters. The maximum absolute atomic E-state index is 8.12. The Morgan fingerprint density at radius 2 is 2.04 bits per heavy atom. The molecule has 0 amide bonds. The van der Waals surface area contributed by atoms with Crippen LogP contribution in [0.15, 0.2) is 24.7 Å². The summed E-state index contributed by atoms with van der Waals surface area (Å²) in [6.07, 6.45) is 5.41. The highest BCUT2D eigenvalue weighted by Gasteiger charge is 2.13. The number of methoxy groups -OCH3 is 1. The maximum Gasteiger partial charge on any atom is 0.373 e. The van der Waals surface area contributed by atoms with Gasteiger partial charge in [-0.25, -0.2) is 15.0 Å². The second-order valence-corrected chi connectivity index (χ2v) is 5.61. The standard InChI is InChI=1S/C16H22N6O2.CO2/c1-11-6-19-14(22-15-9-21-16(23-2)10-20-15)5-13(11)18-8-12-7-17-3-4-24-12;2-1-3/h5-6,9-10,12,17H,3-4,7-8H2,1-2H3,(H2,18,19,20,22);. The molecule has 3 rings (SSSR count). The van der Waals surface area contributed by atoms with Crippen LogP contribution in [0.1, 0.15) is 5.56 Å². The van der Waals surface area contributed by atoms with Gasteiger partial charge in [-0.05, 0) is 12.5 Å². The van der Waals surface area contributed by atoms with E-state index in [-0.39, 0.29) is 12.3 Å². The highest BCUT2D eigenvalue weighted by molar-refractivity contribution is 5.61. The summed E-state index contributed by atoms with van der Waals surface area (Å²) >= 11 is 0. The van der Waals surface area contributed by atoms with Crippen LogP contribution in [0.2, 0.25) is 0 Å². The minimum atomic E-state index is 0.176. The second kappa shape index (κ2) is 10.8. The van der Waals surface area contributed by atoms with Crippen LogP contribution in [0.5, 0.6) is 5.88 Å². The Labute approximate surface area is 156 Å². The number of ether oxygens (including phenoxy) is 2. The summed E-state index contributed by atoms with van der Waals surface area (Å²) in [5.41, 5.74) is 2.09. The van der Waals surface area contributed by atoms with Gasteiger partial charge in [0.15, 0.2) is 0 Å². The lowest BCUT2D eigenvalue weighted by atomic mass is 10.2. The molecule has 1 aliphatic heterocycles. The van der Waals surface area contributed by atoms with Gasteiger partial charge in [-0.1, -0.05) is 0 Å². The number of hydrogen-bond acceptors (Lipinski definition) is 10. The van der Waals surface area contributed by atoms with E-state index in [2.05, 4.69) is 30.9 Å². The Morgan fingerprint density at radius 1 is 1.26 bits per heavy atom. The summed E-state index contributed by atoms with van der Waals surface area (Å²) in [5, 5.41) is 9.89. The number of hydrogen-bond donors (Lipinski definition) is 3. The molecule has 0 bridgehead atoms. The van der Waals surface area contributed by atoms with Crippen LogP contribution >= 0.6 is 0 Å². The minimum Gasteiger partial charge on any atom is -0.480 e. The van der Waals surface area contributed by atoms with Crippen molar-refractivity contribution >= 4 is 23.5 Å². The molecule has 0 radical (unpaired) electrons. The van der Waals surface area contributed by atoms with E-state index in [4.69, 9.17) is 19.1 Å². The summed E-state index contributed by atoms with van der Waals surface area (Å²) < 4.78 is 10.7. The summed E-state index contributed by atoms with van der Waals surface area (Å²) in [6, 6.07) is 1.96. The van der Waals surface area contributed by atoms with Crippen molar-refractivity contribution in [1.29, 1.82) is 0 Å². The van der Waals surface area contributed by atoms with Gasteiger partial charge in [-0.15, -0.1) is 0 Å². The molecule has 3 N–H and O–H groups in total. The molecule has 27 heavy (non-hydrogen) atoms. The highest BCUT2D eigenvalue weighted by atomic mass is 16.5. The van der Waals surface area contributed by atoms with Crippen LogP contribution in [-0.2, 0) is 14.3 Å². The van der Waals surface area contributed by atoms with E-state index in [1.54, 1.807) is 19.5 Å². The minimum absolute atomic E-state index is 0.176. The topological polar surface area (TPSA) is 127 Å². The number of morpholine rings is 1. The van der Waals surface area contributed by atoms with Crippen molar-refractivity contribution in [2.24, 2.45) is 0 Å². The molecule has 0 aromatic carbocycles. The van der Waals surface area contributed by atoms with E-state index >= 15 is 0 Å². The van der Waals surface area contributed by atoms with Crippen molar-refractivity contribution in [2.45, 2.75) is 13.0 Å². The first-order valence-electron chi connectivity index (χ1n) is 8.31. The quantitative estimate of drug-likeness (QED) is 0.666. The molecule has 2 aromatic rings. The number of rotatable bonds is 6. The molecule has 0 spiro atoms. The highest BCUT2D eigenvalue weighted by Crippen LogP contribution is 2.20. The van der Waals surface area contributed by atoms with Gasteiger partial charge < -0.3 is 25.4 Å². The second-order valence-electron chi connectivity index (χ2n) is 5.61. The molecule has 10 nitrogen and oxygen atoms in total. The van der Waals surface area contributed by atoms with Gasteiger partial charge in [0.1, 0.15) is 11.6 Å². The number of nitrogens with one attached hydrogen (secondary N) is 3. The van der Waals surface area contributed by atoms with Crippen LogP contribution in [0.25, 0.3) is 0 Å². The summed E-state index contributed by atoms with van der Waals surface area (Å²) in [4.78, 5) is 29.0. The van der Waals surface area contributed by atoms with Gasteiger partial charge in [0.05, 0.1) is 32.2 Å². The third-order valence-electron chi connectivity index (χ3n) is 3.72. The normalized spacial score (nSPS) is 15.7. The molecule has 1 atom stereocenters. The SMILES string of the molecule is COc1cnc(Nc2cc(NCC3CNCCO3)c(C)cn2)cn1.O=C=O. The van der Waals surface area contributed by atoms with Gasteiger partial charge in [0.25, 0.3) is 0 Å². The number of nitrogens with zero attached hydrogens (tertiary/aromatic N) is 3. The van der Waals surface area contributed by atoms with E-state index in [1.165, 1.54) is 0 Å². The fraction of sp³-hybridized carbons (Fsp3) is 0.412. The largest absolute Gasteiger partial charge is 0.480 e. The lowest BCUT2D eigenvalue weighted by Crippen LogP contribution is -2.42. The van der Waals surface area contributed by atoms with E-state index in [0.717, 1.165) is 37.5 Å². The van der Waals surface area contributed by atoms with Crippen molar-refractivity contribution in [3.8, 4) is 5.88 Å². The van der Waals surface area contributed by atoms with Gasteiger partial charge in [0.2, 0.25) is 5.88 Å². The van der Waals surface area contributed by atoms with Gasteiger partial charge in [-0.3, -0.25) is 0 Å². The molecule has 1 fully saturated rings. The average molecular weight is 374 g/mol. The number of anilines is 3. The Bertz CT molecular complexity index is 744. The lowest BCUT2D eigenvalue weighted by Gasteiger charge is -2.24. The lowest BCUT2D eigenvalue weighted by molar-refractivity contribution is -0.191. The van der Waals surface area contributed by atoms with Crippen LogP contribution in [0.4, 0.5) is 17.3 Å². The van der Waals surface area contributed by atoms with Crippen LogP contribution in [0, 0.1) is 6.92 Å². The van der Waals surface area contributed by atoms with E-state index in [9.17, 15) is 0 Å². The van der Waals surface area contributed by atoms with Crippen LogP contribution in [-0.4, -0.2) is 60.6 Å². The Balaban J connectivity index is 0.000000817. The molecule has 3 heterocycles. The van der Waals surface area contributed by atoms with Crippen molar-refractivity contribution in [3.63, 3.8) is 0 Å². The number of carbonyl (C=O) groups excluding carboxylic acids is 2. The smallest absolute Gasteiger partial charge is 0.373 e. The predicted molar refractivity (Wildman–Crippen MR) is 96.9 cm³/mol. The fourth-order valence-electron chi connectivity index (χ4n) is 2.37. The Hall–Kier alpha value is -3.07. The summed E-state index contributed by atoms with van der Waals surface area (Å²) in [6.45, 7) is 5.31. The van der Waals surface area contributed by atoms with E-state index in [1.807, 2.05) is 19.2 Å². The third-order valence-corrected chi connectivity index (χ3v) is 3.72. The zero-order chi connectivity index (χ0) is 19.5. The summed E-state index contributed by atoms with van der Waals surface area (Å²) in [7, 11) is 1.56. The first kappa shape index (κ1) is 20.2.